The first-order valence-corrected chi connectivity index (χ1v) is 43.1. The molecule has 4 rings (SSSR count). The lowest BCUT2D eigenvalue weighted by atomic mass is 9.92. The summed E-state index contributed by atoms with van der Waals surface area (Å²) in [6.45, 7) is 11.9. The number of amides is 12. The van der Waals surface area contributed by atoms with E-state index in [-0.39, 0.29) is 110 Å². The molecule has 680 valence electrons. The molecule has 0 spiro atoms. The lowest BCUT2D eigenvalue weighted by Crippen LogP contribution is -2.59. The quantitative estimate of drug-likeness (QED) is 0.00962. The molecular formula is C78H112N14O28S3. The van der Waals surface area contributed by atoms with E-state index in [4.69, 9.17) is 19.3 Å². The van der Waals surface area contributed by atoms with E-state index in [0.29, 0.717) is 42.5 Å². The molecule has 1 unspecified atom stereocenters. The van der Waals surface area contributed by atoms with Gasteiger partial charge in [0.2, 0.25) is 35.4 Å². The average molecular weight is 1790 g/mol. The predicted octanol–water partition coefficient (Wildman–Crippen LogP) is 3.29. The number of phenolic OH excluding ortho intramolecular Hbond substituents is 1. The molecule has 1 aromatic heterocycles. The number of aliphatic carboxylic acids is 6. The number of hydrogen-bond acceptors (Lipinski definition) is 27. The van der Waals surface area contributed by atoms with Crippen LogP contribution in [0, 0.1) is 17.8 Å². The second-order valence-corrected chi connectivity index (χ2v) is 33.0. The van der Waals surface area contributed by atoms with Crippen molar-refractivity contribution in [2.45, 2.75) is 225 Å². The lowest BCUT2D eigenvalue weighted by molar-refractivity contribution is -0.161. The Morgan fingerprint density at radius 3 is 1.83 bits per heavy atom. The number of unbranched alkanes of at least 4 members (excludes halogenated alkanes) is 1. The minimum absolute atomic E-state index is 0.00261. The van der Waals surface area contributed by atoms with Crippen molar-refractivity contribution in [2.75, 3.05) is 45.0 Å². The molecule has 0 saturated carbocycles. The number of thiazole rings is 1. The number of nitrogens with one attached hydrogen (secondary N) is 11. The molecule has 123 heavy (non-hydrogen) atoms. The van der Waals surface area contributed by atoms with Crippen molar-refractivity contribution in [2.24, 2.45) is 17.8 Å². The van der Waals surface area contributed by atoms with Crippen molar-refractivity contribution in [1.29, 1.82) is 0 Å². The third-order valence-electron chi connectivity index (χ3n) is 19.3. The van der Waals surface area contributed by atoms with Gasteiger partial charge in [0.05, 0.1) is 25.3 Å². The number of carboxylic acids is 6. The predicted molar refractivity (Wildman–Crippen MR) is 442 cm³/mol. The Morgan fingerprint density at radius 2 is 1.24 bits per heavy atom. The smallest absolute Gasteiger partial charge is 0.426 e. The molecule has 2 aromatic carbocycles. The number of aromatic nitrogens is 1. The lowest BCUT2D eigenvalue weighted by Gasteiger charge is -2.39. The molecule has 12 atom stereocenters. The summed E-state index contributed by atoms with van der Waals surface area (Å²) in [7, 11) is 3.70. The van der Waals surface area contributed by atoms with Gasteiger partial charge in [0.1, 0.15) is 59.3 Å². The number of likely N-dealkylation sites (N-methyl/N-ethyl adjacent to an activating group) is 1. The fraction of sp³-hybridized carbons (Fsp3) is 0.577. The minimum atomic E-state index is -2.00. The van der Waals surface area contributed by atoms with E-state index >= 15 is 4.79 Å². The van der Waals surface area contributed by atoms with Crippen LogP contribution in [0.15, 0.2) is 53.9 Å². The average Bonchev–Trinajstić information content (AvgIpc) is 1.60. The Hall–Kier alpha value is -11.6. The zero-order valence-electron chi connectivity index (χ0n) is 69.4. The molecule has 1 fully saturated rings. The summed E-state index contributed by atoms with van der Waals surface area (Å²) < 4.78 is 16.7. The molecule has 1 aliphatic rings. The Kier molecular flexibility index (Phi) is 45.6. The largest absolute Gasteiger partial charge is 0.508 e. The maximum Gasteiger partial charge on any atom is 0.426 e. The van der Waals surface area contributed by atoms with E-state index in [1.54, 1.807) is 19.1 Å². The fourth-order valence-electron chi connectivity index (χ4n) is 12.4. The molecule has 0 aliphatic carbocycles. The summed E-state index contributed by atoms with van der Waals surface area (Å²) in [5.41, 5.74) is 5.82. The van der Waals surface area contributed by atoms with Crippen LogP contribution in [0.5, 0.6) is 5.75 Å². The number of phenols is 1. The van der Waals surface area contributed by atoms with Gasteiger partial charge in [-0.15, -0.1) is 11.3 Å². The van der Waals surface area contributed by atoms with Crippen molar-refractivity contribution in [3.05, 3.63) is 81.3 Å². The van der Waals surface area contributed by atoms with Crippen LogP contribution in [0.2, 0.25) is 0 Å². The number of nitrogens with zero attached hydrogens (tertiary/aromatic N) is 3. The number of hydrogen-bond donors (Lipinski definition) is 18. The molecule has 42 nitrogen and oxygen atoms in total. The number of piperidine rings is 1. The van der Waals surface area contributed by atoms with Crippen molar-refractivity contribution in [3.8, 4) is 5.75 Å². The van der Waals surface area contributed by atoms with Gasteiger partial charge in [0.25, 0.3) is 5.91 Å². The van der Waals surface area contributed by atoms with Crippen molar-refractivity contribution < 1.29 is 136 Å². The second-order valence-electron chi connectivity index (χ2n) is 29.5. The van der Waals surface area contributed by atoms with E-state index in [9.17, 15) is 112 Å². The van der Waals surface area contributed by atoms with Crippen molar-refractivity contribution in [1.82, 2.24) is 73.5 Å². The standard InChI is InChI=1S/C78H112N14O28S3/c1-9-15-64(102)119-41-92(72(108)65(43(5)10-2)88-70(107)57-17-12-14-29-91(57)8)58(42(3)4)37-59(120-45(7)93)71-85-55(39-121-71)69(106)81-49(33-46-22-24-50(94)25-23-46)32-44(6)66(103)89-90-78(117)118-30-31-122-123-40-56(75(113)114)84-68(105)54(36-63(100)101)83-67(104)53(35-62(98)99)82-60(95)34-47-18-20-48(21-19-47)38-80-76(115)79-28-13-11-16-51(73(109)110)86-77(116)87-52(74(111)112)26-27-61(96)97/h18-25,39,42-44,49,51-54,56-59,65,94H,9-17,26-38,40-41H2,1-8H3,(H,81,106)(H,82,95)(H,83,104)(H,84,105)(H,88,107)(H,89,103)(H,90,117)(H,96,97)(H,98,99)(H,100,101)(H,109,110)(H,111,112)(H,113,114)(H2,79,80,115)(H2,86,87,116)/t43?,44-,49+,51-,52-,53-,54-,56-,57+,58+,59+,65-/m0/s1. The Bertz CT molecular complexity index is 4110. The highest BCUT2D eigenvalue weighted by molar-refractivity contribution is 8.76. The molecular weight excluding hydrogens is 1680 g/mol. The number of hydrazine groups is 1. The molecule has 0 radical (unpaired) electrons. The zero-order valence-corrected chi connectivity index (χ0v) is 71.9. The fourth-order valence-corrected chi connectivity index (χ4v) is 15.3. The van der Waals surface area contributed by atoms with Crippen LogP contribution < -0.4 is 58.7 Å². The summed E-state index contributed by atoms with van der Waals surface area (Å²) in [4.78, 5) is 238. The number of ether oxygens (including phenoxy) is 3. The summed E-state index contributed by atoms with van der Waals surface area (Å²) in [6, 6.07) is -1.38. The number of rotatable bonds is 54. The summed E-state index contributed by atoms with van der Waals surface area (Å²) in [6.07, 6.45) is -2.14. The number of aromatic hydroxyl groups is 1. The van der Waals surface area contributed by atoms with E-state index in [1.165, 1.54) is 60.5 Å². The molecule has 2 heterocycles. The van der Waals surface area contributed by atoms with E-state index in [1.807, 2.05) is 45.0 Å². The maximum atomic E-state index is 15.0. The second kappa shape index (κ2) is 54.0. The highest BCUT2D eigenvalue weighted by atomic mass is 33.1. The number of esters is 2. The first-order chi connectivity index (χ1) is 58.2. The normalized spacial score (nSPS) is 15.2. The summed E-state index contributed by atoms with van der Waals surface area (Å²) in [5, 5.41) is 90.2. The minimum Gasteiger partial charge on any atom is -0.508 e. The Morgan fingerprint density at radius 1 is 0.634 bits per heavy atom. The number of carbonyl (C=O) groups is 18. The van der Waals surface area contributed by atoms with Gasteiger partial charge >= 0.3 is 65.9 Å². The van der Waals surface area contributed by atoms with E-state index in [0.717, 1.165) is 45.8 Å². The topological polar surface area (TPSA) is 628 Å². The summed E-state index contributed by atoms with van der Waals surface area (Å²) >= 11 is 1.000. The van der Waals surface area contributed by atoms with Crippen LogP contribution >= 0.6 is 32.9 Å². The monoisotopic (exact) mass is 1790 g/mol. The third kappa shape index (κ3) is 39.0. The molecule has 3 aromatic rings. The molecule has 12 amide bonds. The molecule has 45 heteroatoms. The Labute approximate surface area is 720 Å². The number of carbonyl (C=O) groups excluding carboxylic acids is 12. The van der Waals surface area contributed by atoms with Crippen LogP contribution in [-0.2, 0) is 101 Å². The van der Waals surface area contributed by atoms with Crippen molar-refractivity contribution in [3.63, 3.8) is 0 Å². The number of benzene rings is 2. The van der Waals surface area contributed by atoms with Gasteiger partial charge in [-0.05, 0) is 112 Å². The van der Waals surface area contributed by atoms with Gasteiger partial charge in [0.15, 0.2) is 12.8 Å². The van der Waals surface area contributed by atoms with Crippen LogP contribution in [-0.4, -0.2) is 257 Å². The number of likely N-dealkylation sites (tertiary alicyclic amines) is 1. The number of carboxylic acid groups (broad SMARTS) is 6. The first kappa shape index (κ1) is 104. The molecule has 0 bridgehead atoms. The molecule has 18 N–H and O–H groups in total. The van der Waals surface area contributed by atoms with E-state index in [2.05, 4.69) is 58.4 Å². The van der Waals surface area contributed by atoms with Crippen LogP contribution in [0.4, 0.5) is 14.4 Å². The van der Waals surface area contributed by atoms with Gasteiger partial charge in [0, 0.05) is 74.2 Å². The highest BCUT2D eigenvalue weighted by Gasteiger charge is 2.41. The molecule has 1 aliphatic heterocycles. The van der Waals surface area contributed by atoms with Gasteiger partial charge in [-0.2, -0.15) is 0 Å². The van der Waals surface area contributed by atoms with Gasteiger partial charge in [-0.3, -0.25) is 67.9 Å². The Balaban J connectivity index is 1.29. The third-order valence-corrected chi connectivity index (χ3v) is 22.6. The molecule has 1 saturated heterocycles. The maximum absolute atomic E-state index is 15.0. The van der Waals surface area contributed by atoms with Crippen LogP contribution in [0.3, 0.4) is 0 Å². The number of urea groups is 2. The van der Waals surface area contributed by atoms with Gasteiger partial charge < -0.3 is 103 Å². The zero-order chi connectivity index (χ0) is 91.6. The first-order valence-electron chi connectivity index (χ1n) is 39.7. The van der Waals surface area contributed by atoms with Crippen molar-refractivity contribution >= 4 is 140 Å². The van der Waals surface area contributed by atoms with Gasteiger partial charge in [-0.1, -0.05) is 112 Å². The highest BCUT2D eigenvalue weighted by Crippen LogP contribution is 2.33. The summed E-state index contributed by atoms with van der Waals surface area (Å²) in [5.74, 6) is -18.2. The SMILES string of the molecule is CCCC(=O)OCN(C(=O)[C@@H](NC(=O)[C@H]1CCCCN1C)C(C)CC)[C@H](C[C@@H](OC(C)=O)c1nc(C(=O)N[C@@H](Cc2ccc(O)cc2)C[C@H](C)C(=O)NNC(=O)OCCSSC[C@H](NC(=O)[C@H](CC(=O)O)NC(=O)[C@H](CC(=O)O)NC(=O)Cc2ccc(CNC(=O)NCCCC[C@H](NC(=O)N[C@@H](CCC(=O)O)C(=O)O)C(=O)O)cc2)C(=O)O)cs1)C(C)C. The van der Waals surface area contributed by atoms with Gasteiger partial charge in [-0.25, -0.2) is 39.2 Å². The van der Waals surface area contributed by atoms with Crippen LogP contribution in [0.25, 0.3) is 0 Å². The van der Waals surface area contributed by atoms with Crippen LogP contribution in [0.1, 0.15) is 183 Å². The van der Waals surface area contributed by atoms with E-state index < -0.39 is 207 Å².